The van der Waals surface area contributed by atoms with Crippen molar-refractivity contribution >= 4 is 28.6 Å². The van der Waals surface area contributed by atoms with E-state index in [1.54, 1.807) is 6.08 Å². The van der Waals surface area contributed by atoms with Gasteiger partial charge in [0.25, 0.3) is 5.91 Å². The highest BCUT2D eigenvalue weighted by Crippen LogP contribution is 2.21. The Morgan fingerprint density at radius 2 is 1.87 bits per heavy atom. The Hall–Kier alpha value is -3.52. The highest BCUT2D eigenvalue weighted by molar-refractivity contribution is 6.01. The van der Waals surface area contributed by atoms with Crippen LogP contribution in [0.25, 0.3) is 17.0 Å². The van der Waals surface area contributed by atoms with Gasteiger partial charge in [-0.3, -0.25) is 4.79 Å². The smallest absolute Gasteiger partial charge is 0.261 e. The molecular formula is C25H26N4O. The van der Waals surface area contributed by atoms with Crippen molar-refractivity contribution in [3.63, 3.8) is 0 Å². The van der Waals surface area contributed by atoms with Crippen LogP contribution in [0.5, 0.6) is 0 Å². The number of aromatic amines is 1. The molecule has 5 nitrogen and oxygen atoms in total. The fourth-order valence-electron chi connectivity index (χ4n) is 3.99. The lowest BCUT2D eigenvalue weighted by molar-refractivity contribution is -0.117. The molecule has 3 aromatic rings. The van der Waals surface area contributed by atoms with Crippen molar-refractivity contribution in [3.05, 3.63) is 71.4 Å². The summed E-state index contributed by atoms with van der Waals surface area (Å²) in [5.41, 5.74) is 4.43. The van der Waals surface area contributed by atoms with E-state index < -0.39 is 0 Å². The molecule has 2 heterocycles. The molecular weight excluding hydrogens is 372 g/mol. The minimum Gasteiger partial charge on any atom is -0.372 e. The van der Waals surface area contributed by atoms with Gasteiger partial charge in [-0.15, -0.1) is 0 Å². The van der Waals surface area contributed by atoms with Gasteiger partial charge >= 0.3 is 0 Å². The van der Waals surface area contributed by atoms with Gasteiger partial charge in [-0.1, -0.05) is 30.3 Å². The van der Waals surface area contributed by atoms with Gasteiger partial charge in [0.1, 0.15) is 11.6 Å². The van der Waals surface area contributed by atoms with Gasteiger partial charge in [0.2, 0.25) is 0 Å². The van der Waals surface area contributed by atoms with Crippen LogP contribution in [-0.2, 0) is 11.2 Å². The van der Waals surface area contributed by atoms with Crippen molar-refractivity contribution in [2.45, 2.75) is 25.7 Å². The van der Waals surface area contributed by atoms with Crippen molar-refractivity contribution in [2.24, 2.45) is 0 Å². The molecule has 0 radical (unpaired) electrons. The molecule has 1 saturated heterocycles. The SMILES string of the molecule is N#C/C(=C\c1ccc(N2CCCCC2)cc1)C(=O)NCCc1c[nH]c2ccccc12. The molecule has 152 valence electrons. The van der Waals surface area contributed by atoms with Crippen molar-refractivity contribution in [2.75, 3.05) is 24.5 Å². The lowest BCUT2D eigenvalue weighted by Gasteiger charge is -2.28. The number of anilines is 1. The number of para-hydroxylation sites is 1. The van der Waals surface area contributed by atoms with Gasteiger partial charge in [-0.25, -0.2) is 0 Å². The number of aromatic nitrogens is 1. The number of carbonyl (C=O) groups is 1. The molecule has 2 aromatic carbocycles. The van der Waals surface area contributed by atoms with Gasteiger partial charge < -0.3 is 15.2 Å². The largest absolute Gasteiger partial charge is 0.372 e. The number of nitrogens with one attached hydrogen (secondary N) is 2. The number of hydrogen-bond acceptors (Lipinski definition) is 3. The van der Waals surface area contributed by atoms with Crippen LogP contribution >= 0.6 is 0 Å². The van der Waals surface area contributed by atoms with E-state index in [2.05, 4.69) is 33.4 Å². The van der Waals surface area contributed by atoms with E-state index in [4.69, 9.17) is 0 Å². The number of nitriles is 1. The molecule has 2 N–H and O–H groups in total. The third-order valence-corrected chi connectivity index (χ3v) is 5.65. The number of hydrogen-bond donors (Lipinski definition) is 2. The number of fused-ring (bicyclic) bond motifs is 1. The molecule has 0 unspecified atom stereocenters. The van der Waals surface area contributed by atoms with E-state index in [9.17, 15) is 10.1 Å². The van der Waals surface area contributed by atoms with Gasteiger partial charge in [-0.05, 0) is 61.1 Å². The molecule has 0 spiro atoms. The molecule has 1 aromatic heterocycles. The van der Waals surface area contributed by atoms with E-state index in [1.807, 2.05) is 42.6 Å². The second-order valence-electron chi connectivity index (χ2n) is 7.67. The highest BCUT2D eigenvalue weighted by atomic mass is 16.1. The van der Waals surface area contributed by atoms with Crippen molar-refractivity contribution < 1.29 is 4.79 Å². The normalized spacial score (nSPS) is 14.5. The van der Waals surface area contributed by atoms with Crippen molar-refractivity contribution in [1.82, 2.24) is 10.3 Å². The number of rotatable bonds is 6. The Morgan fingerprint density at radius 3 is 2.63 bits per heavy atom. The fourth-order valence-corrected chi connectivity index (χ4v) is 3.99. The number of nitrogens with zero attached hydrogens (tertiary/aromatic N) is 2. The zero-order valence-electron chi connectivity index (χ0n) is 17.0. The number of piperidine rings is 1. The Balaban J connectivity index is 1.36. The second-order valence-corrected chi connectivity index (χ2v) is 7.67. The predicted octanol–water partition coefficient (Wildman–Crippen LogP) is 4.42. The van der Waals surface area contributed by atoms with Crippen LogP contribution in [0.1, 0.15) is 30.4 Å². The molecule has 1 amide bonds. The zero-order valence-corrected chi connectivity index (χ0v) is 17.0. The lowest BCUT2D eigenvalue weighted by Crippen LogP contribution is -2.29. The average Bonchev–Trinajstić information content (AvgIpc) is 3.21. The average molecular weight is 399 g/mol. The summed E-state index contributed by atoms with van der Waals surface area (Å²) in [5, 5.41) is 13.5. The quantitative estimate of drug-likeness (QED) is 0.477. The van der Waals surface area contributed by atoms with E-state index in [1.165, 1.54) is 24.9 Å². The molecule has 4 rings (SSSR count). The topological polar surface area (TPSA) is 71.9 Å². The Bertz CT molecular complexity index is 1080. The summed E-state index contributed by atoms with van der Waals surface area (Å²) in [7, 11) is 0. The van der Waals surface area contributed by atoms with E-state index >= 15 is 0 Å². The molecule has 0 atom stereocenters. The molecule has 1 fully saturated rings. The first-order chi connectivity index (χ1) is 14.7. The molecule has 0 aliphatic carbocycles. The van der Waals surface area contributed by atoms with Crippen LogP contribution in [0.2, 0.25) is 0 Å². The maximum atomic E-state index is 12.5. The lowest BCUT2D eigenvalue weighted by atomic mass is 10.1. The third kappa shape index (κ3) is 4.55. The summed E-state index contributed by atoms with van der Waals surface area (Å²) in [6.45, 7) is 2.67. The van der Waals surface area contributed by atoms with Gasteiger partial charge in [0.15, 0.2) is 0 Å². The highest BCUT2D eigenvalue weighted by Gasteiger charge is 2.12. The number of benzene rings is 2. The van der Waals surface area contributed by atoms with E-state index in [0.29, 0.717) is 13.0 Å². The summed E-state index contributed by atoms with van der Waals surface area (Å²) >= 11 is 0. The fraction of sp³-hybridized carbons (Fsp3) is 0.280. The van der Waals surface area contributed by atoms with E-state index in [0.717, 1.165) is 35.1 Å². The molecule has 0 saturated carbocycles. The standard InChI is InChI=1S/C25H26N4O/c26-17-21(16-19-8-10-22(11-9-19)29-14-4-1-5-15-29)25(30)27-13-12-20-18-28-24-7-3-2-6-23(20)24/h2-3,6-11,16,18,28H,1,4-5,12-15H2,(H,27,30)/b21-16+. The first-order valence-electron chi connectivity index (χ1n) is 10.5. The Morgan fingerprint density at radius 1 is 1.10 bits per heavy atom. The number of amides is 1. The maximum absolute atomic E-state index is 12.5. The number of carbonyl (C=O) groups excluding carboxylic acids is 1. The van der Waals surface area contributed by atoms with Gasteiger partial charge in [0, 0.05) is 42.4 Å². The Kier molecular flexibility index (Phi) is 6.14. The summed E-state index contributed by atoms with van der Waals surface area (Å²) in [6, 6.07) is 18.2. The molecule has 30 heavy (non-hydrogen) atoms. The van der Waals surface area contributed by atoms with Crippen molar-refractivity contribution in [3.8, 4) is 6.07 Å². The predicted molar refractivity (Wildman–Crippen MR) is 121 cm³/mol. The molecule has 1 aliphatic heterocycles. The second kappa shape index (κ2) is 9.32. The monoisotopic (exact) mass is 398 g/mol. The zero-order chi connectivity index (χ0) is 20.8. The first kappa shape index (κ1) is 19.8. The van der Waals surface area contributed by atoms with Crippen LogP contribution in [0, 0.1) is 11.3 Å². The van der Waals surface area contributed by atoms with Crippen LogP contribution < -0.4 is 10.2 Å². The van der Waals surface area contributed by atoms with Gasteiger partial charge in [0.05, 0.1) is 0 Å². The summed E-state index contributed by atoms with van der Waals surface area (Å²) in [6.07, 6.45) is 8.11. The van der Waals surface area contributed by atoms with Crippen LogP contribution in [0.3, 0.4) is 0 Å². The van der Waals surface area contributed by atoms with Crippen LogP contribution in [-0.4, -0.2) is 30.5 Å². The van der Waals surface area contributed by atoms with Crippen molar-refractivity contribution in [1.29, 1.82) is 5.26 Å². The minimum absolute atomic E-state index is 0.125. The first-order valence-corrected chi connectivity index (χ1v) is 10.5. The summed E-state index contributed by atoms with van der Waals surface area (Å²) in [5.74, 6) is -0.336. The summed E-state index contributed by atoms with van der Waals surface area (Å²) in [4.78, 5) is 18.1. The molecule has 0 bridgehead atoms. The maximum Gasteiger partial charge on any atom is 0.261 e. The third-order valence-electron chi connectivity index (χ3n) is 5.65. The Labute approximate surface area is 177 Å². The van der Waals surface area contributed by atoms with Gasteiger partial charge in [-0.2, -0.15) is 5.26 Å². The molecule has 1 aliphatic rings. The minimum atomic E-state index is -0.336. The van der Waals surface area contributed by atoms with Crippen LogP contribution in [0.15, 0.2) is 60.3 Å². The number of H-pyrrole nitrogens is 1. The van der Waals surface area contributed by atoms with E-state index in [-0.39, 0.29) is 11.5 Å². The molecule has 5 heteroatoms. The summed E-state index contributed by atoms with van der Waals surface area (Å²) < 4.78 is 0. The van der Waals surface area contributed by atoms with Crippen LogP contribution in [0.4, 0.5) is 5.69 Å².